The average Bonchev–Trinajstić information content (AvgIpc) is 3.50. The molecule has 0 saturated heterocycles. The van der Waals surface area contributed by atoms with E-state index in [1.165, 1.54) is 31.0 Å². The minimum atomic E-state index is -0.829. The van der Waals surface area contributed by atoms with Crippen LogP contribution in [0.4, 0.5) is 19.3 Å². The van der Waals surface area contributed by atoms with Crippen molar-refractivity contribution in [3.05, 3.63) is 146 Å². The van der Waals surface area contributed by atoms with Crippen molar-refractivity contribution in [2.75, 3.05) is 26.5 Å². The number of amides is 3. The summed E-state index contributed by atoms with van der Waals surface area (Å²) >= 11 is 1.15. The largest absolute Gasteiger partial charge is 0.355 e. The molecule has 0 bridgehead atoms. The highest BCUT2D eigenvalue weighted by atomic mass is 32.1. The molecule has 0 radical (unpaired) electrons. The van der Waals surface area contributed by atoms with E-state index in [2.05, 4.69) is 25.9 Å². The highest BCUT2D eigenvalue weighted by molar-refractivity contribution is 7.22. The maximum Gasteiger partial charge on any atom is 0.343 e. The summed E-state index contributed by atoms with van der Waals surface area (Å²) in [4.78, 5) is 64.7. The van der Waals surface area contributed by atoms with Gasteiger partial charge in [0.05, 0.1) is 36.0 Å². The fourth-order valence-corrected chi connectivity index (χ4v) is 7.09. The lowest BCUT2D eigenvalue weighted by atomic mass is 10.1. The van der Waals surface area contributed by atoms with Crippen LogP contribution in [0.1, 0.15) is 27.2 Å². The first-order valence-electron chi connectivity index (χ1n) is 15.9. The van der Waals surface area contributed by atoms with Crippen molar-refractivity contribution >= 4 is 39.2 Å². The zero-order chi connectivity index (χ0) is 36.9. The monoisotopic (exact) mass is 725 g/mol. The molecule has 3 heterocycles. The molecule has 0 atom stereocenters. The molecule has 0 spiro atoms. The van der Waals surface area contributed by atoms with Crippen LogP contribution in [0.3, 0.4) is 0 Å². The second-order valence-corrected chi connectivity index (χ2v) is 12.8. The van der Waals surface area contributed by atoms with Crippen LogP contribution in [-0.4, -0.2) is 52.2 Å². The Morgan fingerprint density at radius 2 is 1.62 bits per heavy atom. The molecule has 6 rings (SSSR count). The van der Waals surface area contributed by atoms with Gasteiger partial charge in [0, 0.05) is 42.5 Å². The number of aromatic nitrogens is 3. The van der Waals surface area contributed by atoms with E-state index in [4.69, 9.17) is 0 Å². The third-order valence-corrected chi connectivity index (χ3v) is 9.54. The first-order valence-corrected chi connectivity index (χ1v) is 16.8. The lowest BCUT2D eigenvalue weighted by Gasteiger charge is -2.18. The van der Waals surface area contributed by atoms with E-state index in [0.29, 0.717) is 45.2 Å². The zero-order valence-electron chi connectivity index (χ0n) is 28.3. The molecule has 52 heavy (non-hydrogen) atoms. The molecule has 3 amide bonds. The molecule has 6 aromatic rings. The molecule has 0 saturated carbocycles. The third kappa shape index (κ3) is 7.37. The highest BCUT2D eigenvalue weighted by Gasteiger charge is 2.26. The van der Waals surface area contributed by atoms with Gasteiger partial charge in [-0.05, 0) is 66.7 Å². The van der Waals surface area contributed by atoms with Gasteiger partial charge >= 0.3 is 11.7 Å². The smallest absolute Gasteiger partial charge is 0.343 e. The maximum atomic E-state index is 15.1. The van der Waals surface area contributed by atoms with E-state index in [0.717, 1.165) is 28.0 Å². The van der Waals surface area contributed by atoms with E-state index >= 15 is 8.78 Å². The number of hydrogen-bond donors (Lipinski definition) is 3. The second kappa shape index (κ2) is 15.5. The van der Waals surface area contributed by atoms with Crippen LogP contribution in [0.5, 0.6) is 0 Å². The summed E-state index contributed by atoms with van der Waals surface area (Å²) in [6.45, 7) is 0.0469. The zero-order valence-corrected chi connectivity index (χ0v) is 29.1. The molecular formula is C37H33F2N7O5S. The predicted molar refractivity (Wildman–Crippen MR) is 195 cm³/mol. The Bertz CT molecular complexity index is 2360. The van der Waals surface area contributed by atoms with Gasteiger partial charge in [0.2, 0.25) is 0 Å². The molecule has 0 fully saturated rings. The topological polar surface area (TPSA) is 140 Å². The van der Waals surface area contributed by atoms with Gasteiger partial charge < -0.3 is 10.6 Å². The Morgan fingerprint density at radius 1 is 0.904 bits per heavy atom. The summed E-state index contributed by atoms with van der Waals surface area (Å²) in [5, 5.41) is 5.41. The number of para-hydroxylation sites is 1. The van der Waals surface area contributed by atoms with Crippen molar-refractivity contribution in [3.63, 3.8) is 0 Å². The van der Waals surface area contributed by atoms with Crippen LogP contribution < -0.4 is 27.4 Å². The number of rotatable bonds is 11. The van der Waals surface area contributed by atoms with E-state index in [9.17, 15) is 19.2 Å². The molecule has 0 aliphatic carbocycles. The van der Waals surface area contributed by atoms with Gasteiger partial charge in [-0.15, -0.1) is 11.3 Å². The number of pyridine rings is 1. The van der Waals surface area contributed by atoms with Crippen LogP contribution in [0.15, 0.2) is 101 Å². The highest BCUT2D eigenvalue weighted by Crippen LogP contribution is 2.38. The quantitative estimate of drug-likeness (QED) is 0.155. The first-order chi connectivity index (χ1) is 25.1. The number of carbonyl (C=O) groups excluding carboxylic acids is 2. The SMILES string of the molecule is CNC(=O)c1ccc(CN(C)Cc2c(-c3ccc(NC(=O)NOC)cc3)sc3c2c(=O)n(-c2ccccc2)c(=O)n3Cc2c(F)cccc2F)nc1. The molecule has 0 aliphatic rings. The number of halogens is 2. The van der Waals surface area contributed by atoms with Crippen LogP contribution in [0.2, 0.25) is 0 Å². The normalized spacial score (nSPS) is 11.2. The number of urea groups is 1. The van der Waals surface area contributed by atoms with Crippen LogP contribution in [0, 0.1) is 11.6 Å². The van der Waals surface area contributed by atoms with E-state index < -0.39 is 35.5 Å². The third-order valence-electron chi connectivity index (χ3n) is 8.24. The van der Waals surface area contributed by atoms with Gasteiger partial charge in [0.1, 0.15) is 16.5 Å². The molecule has 266 valence electrons. The minimum Gasteiger partial charge on any atom is -0.355 e. The fraction of sp³-hybridized carbons (Fsp3) is 0.162. The van der Waals surface area contributed by atoms with Gasteiger partial charge in [-0.1, -0.05) is 36.4 Å². The number of nitrogens with zero attached hydrogens (tertiary/aromatic N) is 4. The Morgan fingerprint density at radius 3 is 2.25 bits per heavy atom. The Hall–Kier alpha value is -6.03. The number of anilines is 1. The van der Waals surface area contributed by atoms with E-state index in [1.54, 1.807) is 66.7 Å². The van der Waals surface area contributed by atoms with E-state index in [-0.39, 0.29) is 28.2 Å². The number of nitrogens with one attached hydrogen (secondary N) is 3. The molecule has 15 heteroatoms. The van der Waals surface area contributed by atoms with Crippen molar-refractivity contribution < 1.29 is 23.2 Å². The van der Waals surface area contributed by atoms with E-state index in [1.807, 2.05) is 11.9 Å². The number of thiophene rings is 1. The van der Waals surface area contributed by atoms with Gasteiger partial charge in [-0.3, -0.25) is 28.9 Å². The molecular weight excluding hydrogens is 693 g/mol. The van der Waals surface area contributed by atoms with Crippen molar-refractivity contribution in [3.8, 4) is 16.1 Å². The van der Waals surface area contributed by atoms with Crippen LogP contribution >= 0.6 is 11.3 Å². The van der Waals surface area contributed by atoms with Gasteiger partial charge in [0.25, 0.3) is 11.5 Å². The lowest BCUT2D eigenvalue weighted by Crippen LogP contribution is -2.39. The summed E-state index contributed by atoms with van der Waals surface area (Å²) in [7, 11) is 4.68. The number of hydroxylamine groups is 1. The average molecular weight is 726 g/mol. The number of fused-ring (bicyclic) bond motifs is 1. The fourth-order valence-electron chi connectivity index (χ4n) is 5.79. The maximum absolute atomic E-state index is 15.1. The van der Waals surface area contributed by atoms with Gasteiger partial charge in [0.15, 0.2) is 0 Å². The summed E-state index contributed by atoms with van der Waals surface area (Å²) in [5.41, 5.74) is 3.56. The summed E-state index contributed by atoms with van der Waals surface area (Å²) in [6, 6.07) is 21.5. The van der Waals surface area contributed by atoms with Crippen LogP contribution in [0.25, 0.3) is 26.3 Å². The number of hydrogen-bond acceptors (Lipinski definition) is 8. The molecule has 0 aliphatic heterocycles. The molecule has 0 unspecified atom stereocenters. The molecule has 3 N–H and O–H groups in total. The molecule has 3 aromatic heterocycles. The first kappa shape index (κ1) is 35.8. The standard InChI is InChI=1S/C37H33F2N7O5S/c1-40-33(47)23-14-17-25(41-18-23)19-44(2)20-28-31-34(48)46(26-8-5-4-6-9-26)37(50)45(21-27-29(38)10-7-11-30(27)39)35(31)52-32(28)22-12-15-24(16-13-22)42-36(49)43-51-3/h4-18H,19-21H2,1-3H3,(H,40,47)(H2,42,43,49). The van der Waals surface area contributed by atoms with Gasteiger partial charge in [-0.25, -0.2) is 28.4 Å². The minimum absolute atomic E-state index is 0.195. The number of carbonyl (C=O) groups is 2. The predicted octanol–water partition coefficient (Wildman–Crippen LogP) is 5.28. The Labute approximate surface area is 299 Å². The molecule has 3 aromatic carbocycles. The van der Waals surface area contributed by atoms with Crippen molar-refractivity contribution in [1.82, 2.24) is 29.8 Å². The number of benzene rings is 3. The lowest BCUT2D eigenvalue weighted by molar-refractivity contribution is 0.0962. The summed E-state index contributed by atoms with van der Waals surface area (Å²) in [6.07, 6.45) is 1.48. The van der Waals surface area contributed by atoms with Crippen molar-refractivity contribution in [2.45, 2.75) is 19.6 Å². The van der Waals surface area contributed by atoms with Crippen LogP contribution in [-0.2, 0) is 24.5 Å². The Kier molecular flexibility index (Phi) is 10.6. The molecule has 12 nitrogen and oxygen atoms in total. The van der Waals surface area contributed by atoms with Crippen molar-refractivity contribution in [1.29, 1.82) is 0 Å². The Balaban J connectivity index is 1.54. The van der Waals surface area contributed by atoms with Gasteiger partial charge in [-0.2, -0.15) is 0 Å². The van der Waals surface area contributed by atoms with Crippen molar-refractivity contribution in [2.24, 2.45) is 0 Å². The second-order valence-electron chi connectivity index (χ2n) is 11.8. The summed E-state index contributed by atoms with van der Waals surface area (Å²) in [5.74, 6) is -1.92. The summed E-state index contributed by atoms with van der Waals surface area (Å²) < 4.78 is 32.4.